The zero-order valence-electron chi connectivity index (χ0n) is 10.2. The van der Waals surface area contributed by atoms with Crippen molar-refractivity contribution in [3.8, 4) is 0 Å². The standard InChI is InChI=1S/C11H11N3O3S2/c1-5-6(2)19-11(12-5)14-10(17)13-8-7(9(15)16)3-4-18-8/h3-4H,1-2H3,(H,15,16)(H2,12,13,14,17). The van der Waals surface area contributed by atoms with Gasteiger partial charge in [0.05, 0.1) is 11.3 Å². The molecule has 8 heteroatoms. The molecule has 19 heavy (non-hydrogen) atoms. The van der Waals surface area contributed by atoms with E-state index in [1.165, 1.54) is 17.4 Å². The summed E-state index contributed by atoms with van der Waals surface area (Å²) in [4.78, 5) is 27.8. The lowest BCUT2D eigenvalue weighted by molar-refractivity contribution is 0.0698. The van der Waals surface area contributed by atoms with E-state index in [-0.39, 0.29) is 5.56 Å². The second-order valence-electron chi connectivity index (χ2n) is 3.71. The fourth-order valence-corrected chi connectivity index (χ4v) is 2.92. The van der Waals surface area contributed by atoms with Crippen molar-refractivity contribution in [2.75, 3.05) is 10.6 Å². The number of amides is 2. The molecule has 2 amide bonds. The van der Waals surface area contributed by atoms with E-state index in [2.05, 4.69) is 15.6 Å². The lowest BCUT2D eigenvalue weighted by Crippen LogP contribution is -2.19. The zero-order chi connectivity index (χ0) is 14.0. The Balaban J connectivity index is 2.05. The SMILES string of the molecule is Cc1nc(NC(=O)Nc2sccc2C(=O)O)sc1C. The number of urea groups is 1. The van der Waals surface area contributed by atoms with Gasteiger partial charge in [-0.15, -0.1) is 22.7 Å². The van der Waals surface area contributed by atoms with Gasteiger partial charge in [0.15, 0.2) is 5.13 Å². The van der Waals surface area contributed by atoms with Gasteiger partial charge in [0.2, 0.25) is 0 Å². The van der Waals surface area contributed by atoms with Crippen LogP contribution in [0.1, 0.15) is 20.9 Å². The van der Waals surface area contributed by atoms with Crippen LogP contribution in [0, 0.1) is 13.8 Å². The number of carboxylic acids is 1. The molecular weight excluding hydrogens is 286 g/mol. The summed E-state index contributed by atoms with van der Waals surface area (Å²) in [5, 5.41) is 16.4. The number of aryl methyl sites for hydroxylation is 2. The fourth-order valence-electron chi connectivity index (χ4n) is 1.33. The summed E-state index contributed by atoms with van der Waals surface area (Å²) in [6.07, 6.45) is 0. The van der Waals surface area contributed by atoms with Crippen LogP contribution in [0.4, 0.5) is 14.9 Å². The first-order valence-electron chi connectivity index (χ1n) is 5.30. The predicted molar refractivity (Wildman–Crippen MR) is 75.5 cm³/mol. The van der Waals surface area contributed by atoms with Crippen molar-refractivity contribution in [2.24, 2.45) is 0 Å². The topological polar surface area (TPSA) is 91.3 Å². The Kier molecular flexibility index (Phi) is 3.82. The maximum Gasteiger partial charge on any atom is 0.338 e. The van der Waals surface area contributed by atoms with Crippen LogP contribution < -0.4 is 10.6 Å². The first kappa shape index (κ1) is 13.5. The molecule has 2 rings (SSSR count). The van der Waals surface area contributed by atoms with Crippen LogP contribution in [0.5, 0.6) is 0 Å². The summed E-state index contributed by atoms with van der Waals surface area (Å²) in [5.74, 6) is -1.07. The van der Waals surface area contributed by atoms with Crippen LogP contribution in [0.15, 0.2) is 11.4 Å². The largest absolute Gasteiger partial charge is 0.478 e. The number of rotatable bonds is 3. The van der Waals surface area contributed by atoms with Gasteiger partial charge in [0.25, 0.3) is 0 Å². The summed E-state index contributed by atoms with van der Waals surface area (Å²) >= 11 is 2.53. The average Bonchev–Trinajstić information content (AvgIpc) is 2.87. The number of aromatic carboxylic acids is 1. The molecule has 2 aromatic heterocycles. The predicted octanol–water partition coefficient (Wildman–Crippen LogP) is 3.16. The number of carboxylic acid groups (broad SMARTS) is 1. The van der Waals surface area contributed by atoms with E-state index >= 15 is 0 Å². The summed E-state index contributed by atoms with van der Waals surface area (Å²) in [5.41, 5.74) is 0.939. The van der Waals surface area contributed by atoms with Gasteiger partial charge in [-0.3, -0.25) is 10.6 Å². The third-order valence-corrected chi connectivity index (χ3v) is 4.19. The number of aromatic nitrogens is 1. The minimum Gasteiger partial charge on any atom is -0.478 e. The van der Waals surface area contributed by atoms with E-state index in [1.807, 2.05) is 13.8 Å². The molecule has 0 aromatic carbocycles. The van der Waals surface area contributed by atoms with Crippen molar-refractivity contribution in [3.63, 3.8) is 0 Å². The first-order valence-corrected chi connectivity index (χ1v) is 7.00. The number of hydrogen-bond donors (Lipinski definition) is 3. The molecule has 0 atom stereocenters. The lowest BCUT2D eigenvalue weighted by Gasteiger charge is -2.03. The van der Waals surface area contributed by atoms with E-state index < -0.39 is 12.0 Å². The van der Waals surface area contributed by atoms with Gasteiger partial charge >= 0.3 is 12.0 Å². The molecule has 0 fully saturated rings. The quantitative estimate of drug-likeness (QED) is 0.811. The molecule has 0 radical (unpaired) electrons. The minimum atomic E-state index is -1.07. The average molecular weight is 297 g/mol. The van der Waals surface area contributed by atoms with Crippen LogP contribution in [-0.4, -0.2) is 22.1 Å². The maximum absolute atomic E-state index is 11.7. The van der Waals surface area contributed by atoms with Gasteiger partial charge in [-0.1, -0.05) is 0 Å². The number of nitrogens with one attached hydrogen (secondary N) is 2. The Morgan fingerprint density at radius 1 is 1.32 bits per heavy atom. The maximum atomic E-state index is 11.7. The van der Waals surface area contributed by atoms with Crippen molar-refractivity contribution < 1.29 is 14.7 Å². The van der Waals surface area contributed by atoms with Crippen LogP contribution in [0.25, 0.3) is 0 Å². The van der Waals surface area contributed by atoms with Crippen LogP contribution in [-0.2, 0) is 0 Å². The second-order valence-corrected chi connectivity index (χ2v) is 5.83. The number of hydrogen-bond acceptors (Lipinski definition) is 5. The van der Waals surface area contributed by atoms with Crippen molar-refractivity contribution >= 4 is 44.8 Å². The molecule has 2 aromatic rings. The summed E-state index contributed by atoms with van der Waals surface area (Å²) in [6.45, 7) is 3.77. The van der Waals surface area contributed by atoms with Crippen LogP contribution in [0.2, 0.25) is 0 Å². The lowest BCUT2D eigenvalue weighted by atomic mass is 10.3. The van der Waals surface area contributed by atoms with Crippen LogP contribution >= 0.6 is 22.7 Å². The van der Waals surface area contributed by atoms with E-state index in [9.17, 15) is 9.59 Å². The molecule has 0 aliphatic heterocycles. The first-order chi connectivity index (χ1) is 8.97. The van der Waals surface area contributed by atoms with E-state index in [0.717, 1.165) is 21.9 Å². The number of nitrogens with zero attached hydrogens (tertiary/aromatic N) is 1. The van der Waals surface area contributed by atoms with Crippen molar-refractivity contribution in [1.82, 2.24) is 4.98 Å². The van der Waals surface area contributed by atoms with Gasteiger partial charge < -0.3 is 5.11 Å². The highest BCUT2D eigenvalue weighted by molar-refractivity contribution is 7.16. The molecule has 6 nitrogen and oxygen atoms in total. The Bertz CT molecular complexity index is 613. The van der Waals surface area contributed by atoms with E-state index in [4.69, 9.17) is 5.11 Å². The summed E-state index contributed by atoms with van der Waals surface area (Å²) in [6, 6.07) is 0.944. The minimum absolute atomic E-state index is 0.0756. The number of thiazole rings is 1. The van der Waals surface area contributed by atoms with Crippen molar-refractivity contribution in [2.45, 2.75) is 13.8 Å². The van der Waals surface area contributed by atoms with Crippen molar-refractivity contribution in [1.29, 1.82) is 0 Å². The third-order valence-electron chi connectivity index (χ3n) is 2.37. The van der Waals surface area contributed by atoms with Gasteiger partial charge in [-0.2, -0.15) is 0 Å². The van der Waals surface area contributed by atoms with E-state index in [0.29, 0.717) is 10.1 Å². The molecule has 0 saturated carbocycles. The number of carbonyl (C=O) groups is 2. The number of thiophene rings is 1. The molecule has 100 valence electrons. The van der Waals surface area contributed by atoms with Gasteiger partial charge in [0.1, 0.15) is 5.00 Å². The normalized spacial score (nSPS) is 10.2. The summed E-state index contributed by atoms with van der Waals surface area (Å²) < 4.78 is 0. The Hall–Kier alpha value is -1.93. The molecule has 0 bridgehead atoms. The highest BCUT2D eigenvalue weighted by Crippen LogP contribution is 2.24. The number of carbonyl (C=O) groups excluding carboxylic acids is 1. The molecule has 0 aliphatic carbocycles. The fraction of sp³-hybridized carbons (Fsp3) is 0.182. The third kappa shape index (κ3) is 3.09. The number of anilines is 2. The molecular formula is C11H11N3O3S2. The van der Waals surface area contributed by atoms with Crippen molar-refractivity contribution in [3.05, 3.63) is 27.6 Å². The molecule has 0 unspecified atom stereocenters. The van der Waals surface area contributed by atoms with Gasteiger partial charge in [-0.05, 0) is 25.3 Å². The molecule has 2 heterocycles. The Morgan fingerprint density at radius 2 is 2.05 bits per heavy atom. The molecule has 0 spiro atoms. The van der Waals surface area contributed by atoms with Gasteiger partial charge in [-0.25, -0.2) is 14.6 Å². The highest BCUT2D eigenvalue weighted by atomic mass is 32.1. The second kappa shape index (κ2) is 5.37. The highest BCUT2D eigenvalue weighted by Gasteiger charge is 2.14. The summed E-state index contributed by atoms with van der Waals surface area (Å²) in [7, 11) is 0. The molecule has 3 N–H and O–H groups in total. The zero-order valence-corrected chi connectivity index (χ0v) is 11.8. The monoisotopic (exact) mass is 297 g/mol. The molecule has 0 aliphatic rings. The smallest absolute Gasteiger partial charge is 0.338 e. The van der Waals surface area contributed by atoms with E-state index in [1.54, 1.807) is 5.38 Å². The molecule has 0 saturated heterocycles. The van der Waals surface area contributed by atoms with Gasteiger partial charge in [0, 0.05) is 4.88 Å². The Labute approximate surface area is 117 Å². The Morgan fingerprint density at radius 3 is 2.63 bits per heavy atom. The van der Waals surface area contributed by atoms with Crippen LogP contribution in [0.3, 0.4) is 0 Å².